The third kappa shape index (κ3) is 7.93. The average molecular weight is 312 g/mol. The summed E-state index contributed by atoms with van der Waals surface area (Å²) in [4.78, 5) is 0. The summed E-state index contributed by atoms with van der Waals surface area (Å²) in [6.45, 7) is 5.43. The van der Waals surface area contributed by atoms with Crippen LogP contribution in [0.25, 0.3) is 0 Å². The van der Waals surface area contributed by atoms with Crippen molar-refractivity contribution in [2.45, 2.75) is 44.9 Å². The van der Waals surface area contributed by atoms with Crippen LogP contribution in [0.3, 0.4) is 0 Å². The summed E-state index contributed by atoms with van der Waals surface area (Å²) in [7, 11) is -2.52. The molecule has 0 saturated carbocycles. The van der Waals surface area contributed by atoms with Crippen LogP contribution >= 0.6 is 7.14 Å². The van der Waals surface area contributed by atoms with Gasteiger partial charge in [0.05, 0.1) is 0 Å². The Balaban J connectivity index is 2.23. The lowest BCUT2D eigenvalue weighted by atomic mass is 10.2. The van der Waals surface area contributed by atoms with Crippen molar-refractivity contribution in [2.75, 3.05) is 6.66 Å². The normalized spacial score (nSPS) is 12.2. The molecule has 1 nitrogen and oxygen atoms in total. The number of unbranched alkanes of at least 4 members (excludes halogenated alkanes) is 5. The summed E-state index contributed by atoms with van der Waals surface area (Å²) in [6.07, 6.45) is 8.84. The molecule has 2 heteroatoms. The van der Waals surface area contributed by atoms with Gasteiger partial charge in [0.25, 0.3) is 0 Å². The summed E-state index contributed by atoms with van der Waals surface area (Å²) in [5, 5.41) is 0.841. The molecule has 1 aromatic rings. The minimum absolute atomic E-state index is 0.794. The van der Waals surface area contributed by atoms with E-state index in [0.717, 1.165) is 50.3 Å². The smallest absolute Gasteiger partial charge is 0.179 e. The zero-order valence-electron chi connectivity index (χ0n) is 13.5. The zero-order valence-corrected chi connectivity index (χ0v) is 14.4. The number of rotatable bonds is 7. The SMILES string of the molecule is C=CCCCC#CCCCCC#CP(C)(=O)c1ccccc1. The summed E-state index contributed by atoms with van der Waals surface area (Å²) in [5.41, 5.74) is 2.96. The van der Waals surface area contributed by atoms with Crippen LogP contribution in [0.1, 0.15) is 44.9 Å². The molecule has 0 aromatic heterocycles. The van der Waals surface area contributed by atoms with Crippen LogP contribution < -0.4 is 5.30 Å². The number of hydrogen-bond acceptors (Lipinski definition) is 1. The quantitative estimate of drug-likeness (QED) is 0.293. The van der Waals surface area contributed by atoms with Gasteiger partial charge in [-0.25, -0.2) is 0 Å². The number of benzene rings is 1. The predicted molar refractivity (Wildman–Crippen MR) is 97.7 cm³/mol. The lowest BCUT2D eigenvalue weighted by Crippen LogP contribution is -2.00. The van der Waals surface area contributed by atoms with Gasteiger partial charge >= 0.3 is 0 Å². The van der Waals surface area contributed by atoms with E-state index in [9.17, 15) is 4.57 Å². The lowest BCUT2D eigenvalue weighted by molar-refractivity contribution is 0.591. The predicted octanol–water partition coefficient (Wildman–Crippen LogP) is 5.19. The van der Waals surface area contributed by atoms with Crippen LogP contribution in [-0.4, -0.2) is 6.66 Å². The van der Waals surface area contributed by atoms with E-state index in [0.29, 0.717) is 0 Å². The highest BCUT2D eigenvalue weighted by molar-refractivity contribution is 7.75. The van der Waals surface area contributed by atoms with Gasteiger partial charge in [-0.2, -0.15) is 0 Å². The molecule has 0 bridgehead atoms. The minimum atomic E-state index is -2.52. The van der Waals surface area contributed by atoms with Crippen LogP contribution in [0.2, 0.25) is 0 Å². The summed E-state index contributed by atoms with van der Waals surface area (Å²) < 4.78 is 12.5. The summed E-state index contributed by atoms with van der Waals surface area (Å²) in [6, 6.07) is 9.51. The second-order valence-corrected chi connectivity index (χ2v) is 7.88. The molecule has 22 heavy (non-hydrogen) atoms. The standard InChI is InChI=1S/C20H25OP/c1-3-4-5-6-7-8-9-10-11-12-16-19-22(2,21)20-17-14-13-15-18-20/h3,13-15,17-18H,1,4-6,9-12H2,2H3. The topological polar surface area (TPSA) is 17.1 Å². The Kier molecular flexibility index (Phi) is 9.14. The first-order valence-corrected chi connectivity index (χ1v) is 10.0. The molecule has 0 N–H and O–H groups in total. The van der Waals surface area contributed by atoms with E-state index in [1.54, 1.807) is 6.66 Å². The van der Waals surface area contributed by atoms with Gasteiger partial charge in [0, 0.05) is 31.2 Å². The monoisotopic (exact) mass is 312 g/mol. The molecular weight excluding hydrogens is 287 g/mol. The van der Waals surface area contributed by atoms with Crippen LogP contribution in [0.15, 0.2) is 43.0 Å². The van der Waals surface area contributed by atoms with Crippen molar-refractivity contribution in [1.82, 2.24) is 0 Å². The van der Waals surface area contributed by atoms with Gasteiger partial charge in [0.1, 0.15) is 0 Å². The summed E-state index contributed by atoms with van der Waals surface area (Å²) >= 11 is 0. The largest absolute Gasteiger partial charge is 0.305 e. The molecule has 0 aliphatic rings. The maximum Gasteiger partial charge on any atom is 0.179 e. The highest BCUT2D eigenvalue weighted by Crippen LogP contribution is 2.37. The number of hydrogen-bond donors (Lipinski definition) is 0. The average Bonchev–Trinajstić information content (AvgIpc) is 2.53. The van der Waals surface area contributed by atoms with Gasteiger partial charge in [0.15, 0.2) is 7.14 Å². The molecule has 0 aliphatic heterocycles. The zero-order chi connectivity index (χ0) is 16.1. The van der Waals surface area contributed by atoms with Crippen molar-refractivity contribution < 1.29 is 4.57 Å². The van der Waals surface area contributed by atoms with E-state index in [-0.39, 0.29) is 0 Å². The molecule has 0 amide bonds. The Morgan fingerprint density at radius 2 is 1.59 bits per heavy atom. The van der Waals surface area contributed by atoms with Gasteiger partial charge < -0.3 is 4.57 Å². The van der Waals surface area contributed by atoms with Crippen LogP contribution in [0.4, 0.5) is 0 Å². The fourth-order valence-electron chi connectivity index (χ4n) is 1.92. The van der Waals surface area contributed by atoms with Crippen LogP contribution in [0, 0.1) is 23.4 Å². The highest BCUT2D eigenvalue weighted by Gasteiger charge is 2.13. The van der Waals surface area contributed by atoms with Crippen LogP contribution in [0.5, 0.6) is 0 Å². The van der Waals surface area contributed by atoms with Gasteiger partial charge in [-0.15, -0.1) is 18.4 Å². The molecule has 1 atom stereocenters. The molecule has 0 radical (unpaired) electrons. The molecule has 1 aromatic carbocycles. The van der Waals surface area contributed by atoms with Crippen molar-refractivity contribution in [3.05, 3.63) is 43.0 Å². The molecule has 0 spiro atoms. The van der Waals surface area contributed by atoms with Crippen molar-refractivity contribution in [3.63, 3.8) is 0 Å². The maximum atomic E-state index is 12.5. The molecule has 0 heterocycles. The second-order valence-electron chi connectivity index (χ2n) is 5.29. The molecule has 0 saturated heterocycles. The Bertz CT molecular complexity index is 608. The first-order valence-electron chi connectivity index (χ1n) is 7.86. The lowest BCUT2D eigenvalue weighted by Gasteiger charge is -2.04. The minimum Gasteiger partial charge on any atom is -0.305 e. The fourth-order valence-corrected chi connectivity index (χ4v) is 3.21. The third-order valence-electron chi connectivity index (χ3n) is 3.23. The second kappa shape index (κ2) is 11.0. The first kappa shape index (κ1) is 18.4. The van der Waals surface area contributed by atoms with Crippen molar-refractivity contribution in [3.8, 4) is 23.4 Å². The Morgan fingerprint density at radius 3 is 2.23 bits per heavy atom. The third-order valence-corrected chi connectivity index (χ3v) is 5.10. The fraction of sp³-hybridized carbons (Fsp3) is 0.400. The van der Waals surface area contributed by atoms with Crippen molar-refractivity contribution in [2.24, 2.45) is 0 Å². The first-order chi connectivity index (χ1) is 10.7. The van der Waals surface area contributed by atoms with Gasteiger partial charge in [0.2, 0.25) is 0 Å². The molecule has 116 valence electrons. The Labute approximate surface area is 135 Å². The molecular formula is C20H25OP. The van der Waals surface area contributed by atoms with E-state index < -0.39 is 7.14 Å². The Morgan fingerprint density at radius 1 is 1.00 bits per heavy atom. The van der Waals surface area contributed by atoms with Gasteiger partial charge in [-0.3, -0.25) is 0 Å². The molecule has 0 aliphatic carbocycles. The Hall–Kier alpha value is -1.69. The summed E-state index contributed by atoms with van der Waals surface area (Å²) in [5.74, 6) is 9.44. The molecule has 1 rings (SSSR count). The maximum absolute atomic E-state index is 12.5. The van der Waals surface area contributed by atoms with E-state index in [4.69, 9.17) is 0 Å². The number of allylic oxidation sites excluding steroid dienone is 1. The molecule has 1 unspecified atom stereocenters. The highest BCUT2D eigenvalue weighted by atomic mass is 31.2. The molecule has 0 fully saturated rings. The van der Waals surface area contributed by atoms with E-state index >= 15 is 0 Å². The van der Waals surface area contributed by atoms with Gasteiger partial charge in [-0.1, -0.05) is 42.3 Å². The van der Waals surface area contributed by atoms with Gasteiger partial charge in [-0.05, 0) is 31.3 Å². The van der Waals surface area contributed by atoms with Crippen molar-refractivity contribution in [1.29, 1.82) is 0 Å². The van der Waals surface area contributed by atoms with E-state index in [1.165, 1.54) is 0 Å². The van der Waals surface area contributed by atoms with E-state index in [1.807, 2.05) is 36.4 Å². The van der Waals surface area contributed by atoms with Crippen molar-refractivity contribution >= 4 is 12.4 Å². The van der Waals surface area contributed by atoms with Crippen LogP contribution in [-0.2, 0) is 4.57 Å². The van der Waals surface area contributed by atoms with E-state index in [2.05, 4.69) is 30.0 Å².